The van der Waals surface area contributed by atoms with Gasteiger partial charge in [-0.05, 0) is 18.4 Å². The zero-order chi connectivity index (χ0) is 14.3. The van der Waals surface area contributed by atoms with Gasteiger partial charge in [-0.15, -0.1) is 24.0 Å². The number of guanidine groups is 1. The van der Waals surface area contributed by atoms with Gasteiger partial charge < -0.3 is 10.6 Å². The molecular formula is C14H22F2IN3. The zero-order valence-electron chi connectivity index (χ0n) is 12.0. The normalized spacial score (nSPS) is 12.8. The van der Waals surface area contributed by atoms with Crippen molar-refractivity contribution >= 4 is 29.9 Å². The molecule has 0 spiro atoms. The molecule has 1 aromatic carbocycles. The monoisotopic (exact) mass is 397 g/mol. The fraction of sp³-hybridized carbons (Fsp3) is 0.500. The van der Waals surface area contributed by atoms with Crippen LogP contribution in [-0.4, -0.2) is 32.5 Å². The van der Waals surface area contributed by atoms with Crippen molar-refractivity contribution in [2.24, 2.45) is 4.99 Å². The number of rotatable bonds is 5. The lowest BCUT2D eigenvalue weighted by molar-refractivity contribution is 0.152. The van der Waals surface area contributed by atoms with Crippen LogP contribution in [0.3, 0.4) is 0 Å². The molecule has 0 aromatic heterocycles. The fourth-order valence-corrected chi connectivity index (χ4v) is 1.74. The number of benzene rings is 1. The summed E-state index contributed by atoms with van der Waals surface area (Å²) in [4.78, 5) is 3.90. The van der Waals surface area contributed by atoms with Crippen molar-refractivity contribution in [1.29, 1.82) is 0 Å². The van der Waals surface area contributed by atoms with E-state index in [4.69, 9.17) is 0 Å². The van der Waals surface area contributed by atoms with E-state index in [1.165, 1.54) is 11.1 Å². The van der Waals surface area contributed by atoms with Crippen LogP contribution in [0.4, 0.5) is 8.78 Å². The van der Waals surface area contributed by atoms with Crippen LogP contribution in [0.5, 0.6) is 0 Å². The van der Waals surface area contributed by atoms with Gasteiger partial charge in [-0.3, -0.25) is 4.99 Å². The standard InChI is InChI=1S/C14H21F2N3.HI/c1-10-5-4-6-12(7-10)11(2)8-18-14(17-3)19-9-13(15)16;/h4-7,11,13H,8-9H2,1-3H3,(H2,17,18,19);1H. The molecule has 20 heavy (non-hydrogen) atoms. The maximum absolute atomic E-state index is 12.1. The van der Waals surface area contributed by atoms with Crippen molar-refractivity contribution in [3.05, 3.63) is 35.4 Å². The maximum atomic E-state index is 12.1. The number of hydrogen-bond donors (Lipinski definition) is 2. The van der Waals surface area contributed by atoms with Crippen LogP contribution < -0.4 is 10.6 Å². The van der Waals surface area contributed by atoms with Crippen LogP contribution in [0.15, 0.2) is 29.3 Å². The van der Waals surface area contributed by atoms with E-state index in [9.17, 15) is 8.78 Å². The molecule has 1 unspecified atom stereocenters. The average Bonchev–Trinajstić information content (AvgIpc) is 2.38. The van der Waals surface area contributed by atoms with Crippen LogP contribution >= 0.6 is 24.0 Å². The molecular weight excluding hydrogens is 375 g/mol. The Morgan fingerprint density at radius 3 is 2.45 bits per heavy atom. The van der Waals surface area contributed by atoms with Gasteiger partial charge >= 0.3 is 0 Å². The van der Waals surface area contributed by atoms with Crippen molar-refractivity contribution in [2.45, 2.75) is 26.2 Å². The lowest BCUT2D eigenvalue weighted by Crippen LogP contribution is -2.41. The first kappa shape index (κ1) is 19.1. The second kappa shape index (κ2) is 9.90. The summed E-state index contributed by atoms with van der Waals surface area (Å²) in [5.41, 5.74) is 2.43. The Morgan fingerprint density at radius 1 is 1.25 bits per heavy atom. The van der Waals surface area contributed by atoms with Crippen molar-refractivity contribution in [3.63, 3.8) is 0 Å². The molecule has 0 saturated carbocycles. The molecule has 0 aliphatic rings. The van der Waals surface area contributed by atoms with Gasteiger partial charge in [0, 0.05) is 13.6 Å². The molecule has 0 amide bonds. The Bertz CT molecular complexity index is 425. The van der Waals surface area contributed by atoms with Crippen molar-refractivity contribution < 1.29 is 8.78 Å². The quantitative estimate of drug-likeness (QED) is 0.455. The predicted molar refractivity (Wildman–Crippen MR) is 90.4 cm³/mol. The second-order valence-electron chi connectivity index (χ2n) is 4.54. The van der Waals surface area contributed by atoms with Crippen molar-refractivity contribution in [1.82, 2.24) is 10.6 Å². The minimum absolute atomic E-state index is 0. The van der Waals surface area contributed by atoms with E-state index < -0.39 is 13.0 Å². The summed E-state index contributed by atoms with van der Waals surface area (Å²) in [5, 5.41) is 5.62. The fourth-order valence-electron chi connectivity index (χ4n) is 1.74. The maximum Gasteiger partial charge on any atom is 0.255 e. The minimum atomic E-state index is -2.38. The van der Waals surface area contributed by atoms with Crippen LogP contribution in [0.1, 0.15) is 24.0 Å². The molecule has 1 aromatic rings. The van der Waals surface area contributed by atoms with Crippen LogP contribution in [-0.2, 0) is 0 Å². The number of halogens is 3. The smallest absolute Gasteiger partial charge is 0.255 e. The van der Waals surface area contributed by atoms with Crippen molar-refractivity contribution in [3.8, 4) is 0 Å². The van der Waals surface area contributed by atoms with Crippen LogP contribution in [0.25, 0.3) is 0 Å². The first-order valence-electron chi connectivity index (χ1n) is 6.32. The molecule has 0 aliphatic heterocycles. The highest BCUT2D eigenvalue weighted by Crippen LogP contribution is 2.15. The lowest BCUT2D eigenvalue weighted by atomic mass is 9.99. The van der Waals surface area contributed by atoms with Gasteiger partial charge in [-0.1, -0.05) is 36.8 Å². The molecule has 6 heteroatoms. The summed E-state index contributed by atoms with van der Waals surface area (Å²) in [5.74, 6) is 0.685. The molecule has 0 saturated heterocycles. The van der Waals surface area contributed by atoms with Crippen LogP contribution in [0.2, 0.25) is 0 Å². The topological polar surface area (TPSA) is 36.4 Å². The molecule has 0 heterocycles. The molecule has 0 fully saturated rings. The average molecular weight is 397 g/mol. The predicted octanol–water partition coefficient (Wildman–Crippen LogP) is 3.15. The summed E-state index contributed by atoms with van der Waals surface area (Å²) in [6, 6.07) is 8.26. The SMILES string of the molecule is CN=C(NCC(F)F)NCC(C)c1cccc(C)c1.I. The van der Waals surface area contributed by atoms with E-state index in [1.807, 2.05) is 19.1 Å². The zero-order valence-corrected chi connectivity index (χ0v) is 14.3. The molecule has 1 atom stereocenters. The Hall–Kier alpha value is -0.920. The van der Waals surface area contributed by atoms with Gasteiger partial charge in [0.25, 0.3) is 6.43 Å². The number of nitrogens with one attached hydrogen (secondary N) is 2. The highest BCUT2D eigenvalue weighted by Gasteiger charge is 2.08. The second-order valence-corrected chi connectivity index (χ2v) is 4.54. The third-order valence-corrected chi connectivity index (χ3v) is 2.83. The van der Waals surface area contributed by atoms with Gasteiger partial charge in [0.15, 0.2) is 5.96 Å². The number of nitrogens with zero attached hydrogens (tertiary/aromatic N) is 1. The Labute approximate surface area is 136 Å². The largest absolute Gasteiger partial charge is 0.356 e. The summed E-state index contributed by atoms with van der Waals surface area (Å²) >= 11 is 0. The third kappa shape index (κ3) is 7.02. The Morgan fingerprint density at radius 2 is 1.90 bits per heavy atom. The van der Waals surface area contributed by atoms with Crippen LogP contribution in [0, 0.1) is 6.92 Å². The summed E-state index contributed by atoms with van der Waals surface area (Å²) in [6.45, 7) is 4.39. The van der Waals surface area contributed by atoms with Gasteiger partial charge in [0.2, 0.25) is 0 Å². The van der Waals surface area contributed by atoms with Gasteiger partial charge in [-0.25, -0.2) is 8.78 Å². The highest BCUT2D eigenvalue weighted by molar-refractivity contribution is 14.0. The van der Waals surface area contributed by atoms with E-state index in [-0.39, 0.29) is 29.9 Å². The Kier molecular flexibility index (Phi) is 9.45. The van der Waals surface area contributed by atoms with Crippen molar-refractivity contribution in [2.75, 3.05) is 20.1 Å². The number of alkyl halides is 2. The first-order valence-corrected chi connectivity index (χ1v) is 6.32. The van der Waals surface area contributed by atoms with E-state index in [0.717, 1.165) is 0 Å². The highest BCUT2D eigenvalue weighted by atomic mass is 127. The van der Waals surface area contributed by atoms with Gasteiger partial charge in [0.05, 0.1) is 6.54 Å². The van der Waals surface area contributed by atoms with E-state index >= 15 is 0 Å². The van der Waals surface area contributed by atoms with Gasteiger partial charge in [0.1, 0.15) is 0 Å². The van der Waals surface area contributed by atoms with E-state index in [2.05, 4.69) is 34.7 Å². The lowest BCUT2D eigenvalue weighted by Gasteiger charge is -2.16. The number of hydrogen-bond acceptors (Lipinski definition) is 1. The number of aliphatic imine (C=N–C) groups is 1. The molecule has 0 radical (unpaired) electrons. The third-order valence-electron chi connectivity index (χ3n) is 2.83. The molecule has 0 aliphatic carbocycles. The molecule has 1 rings (SSSR count). The van der Waals surface area contributed by atoms with Gasteiger partial charge in [-0.2, -0.15) is 0 Å². The first-order chi connectivity index (χ1) is 9.02. The summed E-state index contributed by atoms with van der Waals surface area (Å²) in [6.07, 6.45) is -2.38. The molecule has 114 valence electrons. The Balaban J connectivity index is 0.00000361. The molecule has 3 nitrogen and oxygen atoms in total. The summed E-state index contributed by atoms with van der Waals surface area (Å²) < 4.78 is 24.2. The van der Waals surface area contributed by atoms with E-state index in [1.54, 1.807) is 7.05 Å². The number of aryl methyl sites for hydroxylation is 1. The molecule has 0 bridgehead atoms. The minimum Gasteiger partial charge on any atom is -0.356 e. The van der Waals surface area contributed by atoms with E-state index in [0.29, 0.717) is 12.5 Å². The molecule has 2 N–H and O–H groups in total. The summed E-state index contributed by atoms with van der Waals surface area (Å²) in [7, 11) is 1.57.